The van der Waals surface area contributed by atoms with Crippen molar-refractivity contribution in [3.63, 3.8) is 0 Å². The van der Waals surface area contributed by atoms with Gasteiger partial charge in [-0.1, -0.05) is 48.0 Å². The molecule has 2 N–H and O–H groups in total. The fourth-order valence-corrected chi connectivity index (χ4v) is 4.90. The highest BCUT2D eigenvalue weighted by Crippen LogP contribution is 2.19. The Hall–Kier alpha value is -3.20. The molecular weight excluding hydrogens is 450 g/mol. The van der Waals surface area contributed by atoms with E-state index in [0.717, 1.165) is 24.2 Å². The topological polar surface area (TPSA) is 87.7 Å². The molecule has 0 saturated carbocycles. The van der Waals surface area contributed by atoms with Crippen LogP contribution >= 0.6 is 0 Å². The van der Waals surface area contributed by atoms with E-state index in [-0.39, 0.29) is 16.8 Å². The second kappa shape index (κ2) is 10.8. The molecule has 0 radical (unpaired) electrons. The summed E-state index contributed by atoms with van der Waals surface area (Å²) in [6.07, 6.45) is 0. The fraction of sp³-hybridized carbons (Fsp3) is 0.269. The Labute approximate surface area is 200 Å². The molecule has 0 aliphatic carbocycles. The lowest BCUT2D eigenvalue weighted by Gasteiger charge is -2.31. The van der Waals surface area contributed by atoms with Gasteiger partial charge in [-0.2, -0.15) is 0 Å². The smallest absolute Gasteiger partial charge is 0.261 e. The van der Waals surface area contributed by atoms with Gasteiger partial charge in [0.25, 0.3) is 15.9 Å². The predicted octanol–water partition coefficient (Wildman–Crippen LogP) is 3.60. The van der Waals surface area contributed by atoms with Gasteiger partial charge < -0.3 is 10.1 Å². The highest BCUT2D eigenvalue weighted by molar-refractivity contribution is 7.92. The number of hydrogen-bond donors (Lipinski definition) is 2. The van der Waals surface area contributed by atoms with Crippen molar-refractivity contribution in [1.29, 1.82) is 0 Å². The molecule has 7 nitrogen and oxygen atoms in total. The maximum Gasteiger partial charge on any atom is 0.261 e. The Kier molecular flexibility index (Phi) is 7.62. The van der Waals surface area contributed by atoms with E-state index in [1.54, 1.807) is 42.5 Å². The molecule has 0 spiro atoms. The number of hydrogen-bond acceptors (Lipinski definition) is 5. The van der Waals surface area contributed by atoms with Crippen LogP contribution in [0.1, 0.15) is 27.5 Å². The Bertz CT molecular complexity index is 1190. The van der Waals surface area contributed by atoms with Crippen LogP contribution in [-0.2, 0) is 14.8 Å². The van der Waals surface area contributed by atoms with Crippen molar-refractivity contribution in [1.82, 2.24) is 10.2 Å². The van der Waals surface area contributed by atoms with E-state index >= 15 is 0 Å². The Morgan fingerprint density at radius 2 is 1.59 bits per heavy atom. The van der Waals surface area contributed by atoms with Crippen molar-refractivity contribution >= 4 is 21.6 Å². The molecule has 3 aromatic rings. The zero-order chi connectivity index (χ0) is 24.0. The first-order chi connectivity index (χ1) is 16.4. The number of ether oxygens (including phenoxy) is 1. The Morgan fingerprint density at radius 3 is 2.24 bits per heavy atom. The lowest BCUT2D eigenvalue weighted by molar-refractivity contribution is 0.0332. The minimum atomic E-state index is -3.69. The van der Waals surface area contributed by atoms with Gasteiger partial charge in [-0.3, -0.25) is 14.4 Å². The van der Waals surface area contributed by atoms with Crippen LogP contribution < -0.4 is 10.0 Å². The number of nitrogens with one attached hydrogen (secondary N) is 2. The Morgan fingerprint density at radius 1 is 0.941 bits per heavy atom. The number of sulfonamides is 1. The number of carbonyl (C=O) groups is 1. The van der Waals surface area contributed by atoms with Crippen LogP contribution in [0, 0.1) is 6.92 Å². The van der Waals surface area contributed by atoms with Crippen LogP contribution in [-0.4, -0.2) is 52.1 Å². The third kappa shape index (κ3) is 6.22. The SMILES string of the molecule is Cc1ccc([C@H](CN2CCOCC2)NC(=O)c2ccc(NS(=O)(=O)c3ccccc3)cc2)cc1. The van der Waals surface area contributed by atoms with E-state index in [2.05, 4.69) is 14.9 Å². The maximum atomic E-state index is 13.1. The van der Waals surface area contributed by atoms with Crippen LogP contribution in [0.25, 0.3) is 0 Å². The summed E-state index contributed by atoms with van der Waals surface area (Å²) >= 11 is 0. The van der Waals surface area contributed by atoms with Gasteiger partial charge >= 0.3 is 0 Å². The number of nitrogens with zero attached hydrogens (tertiary/aromatic N) is 1. The molecular formula is C26H29N3O4S. The zero-order valence-corrected chi connectivity index (χ0v) is 19.9. The third-order valence-electron chi connectivity index (χ3n) is 5.78. The number of benzene rings is 3. The van der Waals surface area contributed by atoms with E-state index < -0.39 is 10.0 Å². The van der Waals surface area contributed by atoms with E-state index in [4.69, 9.17) is 4.74 Å². The Balaban J connectivity index is 1.46. The van der Waals surface area contributed by atoms with E-state index in [1.165, 1.54) is 12.1 Å². The lowest BCUT2D eigenvalue weighted by atomic mass is 10.0. The predicted molar refractivity (Wildman–Crippen MR) is 132 cm³/mol. The zero-order valence-electron chi connectivity index (χ0n) is 19.1. The molecule has 1 saturated heterocycles. The van der Waals surface area contributed by atoms with Crippen molar-refractivity contribution in [2.75, 3.05) is 37.6 Å². The molecule has 3 aromatic carbocycles. The van der Waals surface area contributed by atoms with Crippen LogP contribution in [0.3, 0.4) is 0 Å². The lowest BCUT2D eigenvalue weighted by Crippen LogP contribution is -2.43. The van der Waals surface area contributed by atoms with Crippen molar-refractivity contribution in [2.24, 2.45) is 0 Å². The molecule has 1 amide bonds. The van der Waals surface area contributed by atoms with Crippen molar-refractivity contribution in [3.05, 3.63) is 95.6 Å². The van der Waals surface area contributed by atoms with E-state index in [1.807, 2.05) is 31.2 Å². The number of carbonyl (C=O) groups excluding carboxylic acids is 1. The van der Waals surface area contributed by atoms with Crippen LogP contribution in [0.2, 0.25) is 0 Å². The first kappa shape index (κ1) is 23.9. The molecule has 34 heavy (non-hydrogen) atoms. The largest absolute Gasteiger partial charge is 0.379 e. The van der Waals surface area contributed by atoms with Gasteiger partial charge in [-0.15, -0.1) is 0 Å². The van der Waals surface area contributed by atoms with Gasteiger partial charge in [-0.25, -0.2) is 8.42 Å². The van der Waals surface area contributed by atoms with Gasteiger partial charge in [0.05, 0.1) is 24.2 Å². The number of anilines is 1. The minimum absolute atomic E-state index is 0.178. The van der Waals surface area contributed by atoms with Crippen LogP contribution in [0.15, 0.2) is 83.8 Å². The van der Waals surface area contributed by atoms with Gasteiger partial charge in [0.15, 0.2) is 0 Å². The average molecular weight is 480 g/mol. The molecule has 1 heterocycles. The molecule has 1 aliphatic heterocycles. The van der Waals surface area contributed by atoms with E-state index in [9.17, 15) is 13.2 Å². The molecule has 178 valence electrons. The second-order valence-corrected chi connectivity index (χ2v) is 10.0. The summed E-state index contributed by atoms with van der Waals surface area (Å²) in [5.41, 5.74) is 3.05. The summed E-state index contributed by atoms with van der Waals surface area (Å²) in [6, 6.07) is 22.6. The summed E-state index contributed by atoms with van der Waals surface area (Å²) in [5, 5.41) is 3.15. The van der Waals surface area contributed by atoms with Gasteiger partial charge in [0, 0.05) is 30.9 Å². The van der Waals surface area contributed by atoms with Gasteiger partial charge in [0.1, 0.15) is 0 Å². The monoisotopic (exact) mass is 479 g/mol. The number of morpholine rings is 1. The fourth-order valence-electron chi connectivity index (χ4n) is 3.82. The summed E-state index contributed by atoms with van der Waals surface area (Å²) in [7, 11) is -3.69. The van der Waals surface area contributed by atoms with E-state index in [0.29, 0.717) is 31.0 Å². The van der Waals surface area contributed by atoms with Crippen molar-refractivity contribution < 1.29 is 17.9 Å². The summed E-state index contributed by atoms with van der Waals surface area (Å²) < 4.78 is 33.1. The summed E-state index contributed by atoms with van der Waals surface area (Å²) in [5.74, 6) is -0.212. The molecule has 1 fully saturated rings. The second-order valence-electron chi connectivity index (χ2n) is 8.35. The number of rotatable bonds is 8. The van der Waals surface area contributed by atoms with Gasteiger partial charge in [-0.05, 0) is 48.9 Å². The molecule has 4 rings (SSSR count). The average Bonchev–Trinajstić information content (AvgIpc) is 2.85. The van der Waals surface area contributed by atoms with Crippen molar-refractivity contribution in [3.8, 4) is 0 Å². The molecule has 8 heteroatoms. The highest BCUT2D eigenvalue weighted by atomic mass is 32.2. The van der Waals surface area contributed by atoms with Crippen LogP contribution in [0.5, 0.6) is 0 Å². The number of aryl methyl sites for hydroxylation is 1. The summed E-state index contributed by atoms with van der Waals surface area (Å²) in [4.78, 5) is 15.5. The molecule has 0 unspecified atom stereocenters. The molecule has 0 bridgehead atoms. The first-order valence-corrected chi connectivity index (χ1v) is 12.7. The van der Waals surface area contributed by atoms with Crippen molar-refractivity contribution in [2.45, 2.75) is 17.9 Å². The summed E-state index contributed by atoms with van der Waals surface area (Å²) in [6.45, 7) is 5.76. The molecule has 1 aliphatic rings. The molecule has 0 aromatic heterocycles. The quantitative estimate of drug-likeness (QED) is 0.516. The number of amides is 1. The minimum Gasteiger partial charge on any atom is -0.379 e. The highest BCUT2D eigenvalue weighted by Gasteiger charge is 2.21. The molecule has 1 atom stereocenters. The third-order valence-corrected chi connectivity index (χ3v) is 7.18. The standard InChI is InChI=1S/C26H29N3O4S/c1-20-7-9-21(10-8-20)25(19-29-15-17-33-18-16-29)27-26(30)22-11-13-23(14-12-22)28-34(31,32)24-5-3-2-4-6-24/h2-14,25,28H,15-19H2,1H3,(H,27,30)/t25-/m0/s1. The van der Waals surface area contributed by atoms with Gasteiger partial charge in [0.2, 0.25) is 0 Å². The normalized spacial score (nSPS) is 15.4. The van der Waals surface area contributed by atoms with Crippen LogP contribution in [0.4, 0.5) is 5.69 Å². The maximum absolute atomic E-state index is 13.1. The first-order valence-electron chi connectivity index (χ1n) is 11.3.